The first kappa shape index (κ1) is 11.2. The molecule has 1 aliphatic heterocycles. The highest BCUT2D eigenvalue weighted by Crippen LogP contribution is 2.09. The number of hydrogen-bond acceptors (Lipinski definition) is 4. The van der Waals surface area contributed by atoms with Crippen molar-refractivity contribution >= 4 is 11.8 Å². The zero-order valence-electron chi connectivity index (χ0n) is 8.54. The van der Waals surface area contributed by atoms with E-state index in [0.29, 0.717) is 6.61 Å². The van der Waals surface area contributed by atoms with Crippen molar-refractivity contribution in [3.63, 3.8) is 0 Å². The third-order valence-electron chi connectivity index (χ3n) is 2.32. The van der Waals surface area contributed by atoms with Gasteiger partial charge in [0.1, 0.15) is 6.42 Å². The molecule has 0 aliphatic carbocycles. The molecule has 0 aromatic rings. The monoisotopic (exact) mass is 199 g/mol. The van der Waals surface area contributed by atoms with Crippen molar-refractivity contribution in [2.45, 2.75) is 38.6 Å². The molecule has 80 valence electrons. The van der Waals surface area contributed by atoms with Gasteiger partial charge in [-0.1, -0.05) is 6.42 Å². The van der Waals surface area contributed by atoms with E-state index < -0.39 is 5.97 Å². The van der Waals surface area contributed by atoms with E-state index in [2.05, 4.69) is 5.32 Å². The molecule has 1 saturated heterocycles. The highest BCUT2D eigenvalue weighted by Gasteiger charge is 2.22. The number of hydrogen-bond donors (Lipinski definition) is 1. The summed E-state index contributed by atoms with van der Waals surface area (Å²) >= 11 is 0. The fourth-order valence-corrected chi connectivity index (χ4v) is 1.60. The van der Waals surface area contributed by atoms with Gasteiger partial charge in [-0.25, -0.2) is 0 Å². The average molecular weight is 199 g/mol. The van der Waals surface area contributed by atoms with Crippen molar-refractivity contribution in [2.75, 3.05) is 13.2 Å². The van der Waals surface area contributed by atoms with Crippen LogP contribution >= 0.6 is 0 Å². The second-order valence-electron chi connectivity index (χ2n) is 3.45. The number of carbonyl (C=O) groups is 2. The van der Waals surface area contributed by atoms with Gasteiger partial charge in [0.05, 0.1) is 12.6 Å². The van der Waals surface area contributed by atoms with Crippen molar-refractivity contribution < 1.29 is 14.3 Å². The second kappa shape index (κ2) is 5.75. The van der Waals surface area contributed by atoms with Gasteiger partial charge >= 0.3 is 5.97 Å². The van der Waals surface area contributed by atoms with E-state index >= 15 is 0 Å². The maximum Gasteiger partial charge on any atom is 0.313 e. The number of Topliss-reactive ketones (excluding diaryl/α,β-unsaturated/α-hetero) is 1. The maximum atomic E-state index is 11.5. The van der Waals surface area contributed by atoms with Crippen LogP contribution in [0, 0.1) is 0 Å². The summed E-state index contributed by atoms with van der Waals surface area (Å²) in [6.45, 7) is 2.95. The van der Waals surface area contributed by atoms with E-state index in [-0.39, 0.29) is 18.2 Å². The summed E-state index contributed by atoms with van der Waals surface area (Å²) in [5.74, 6) is -0.451. The Morgan fingerprint density at radius 3 is 2.79 bits per heavy atom. The van der Waals surface area contributed by atoms with Crippen molar-refractivity contribution in [3.05, 3.63) is 0 Å². The van der Waals surface area contributed by atoms with Gasteiger partial charge in [-0.2, -0.15) is 0 Å². The molecule has 4 heteroatoms. The molecule has 0 radical (unpaired) electrons. The van der Waals surface area contributed by atoms with Crippen LogP contribution < -0.4 is 5.32 Å². The van der Waals surface area contributed by atoms with Gasteiger partial charge in [-0.15, -0.1) is 0 Å². The molecule has 0 aromatic heterocycles. The lowest BCUT2D eigenvalue weighted by Gasteiger charge is -2.21. The van der Waals surface area contributed by atoms with Crippen molar-refractivity contribution in [1.82, 2.24) is 5.32 Å². The fourth-order valence-electron chi connectivity index (χ4n) is 1.60. The van der Waals surface area contributed by atoms with Gasteiger partial charge < -0.3 is 10.1 Å². The van der Waals surface area contributed by atoms with Crippen molar-refractivity contribution in [2.24, 2.45) is 0 Å². The van der Waals surface area contributed by atoms with Crippen LogP contribution in [0.25, 0.3) is 0 Å². The number of rotatable bonds is 4. The van der Waals surface area contributed by atoms with Gasteiger partial charge in [0.15, 0.2) is 5.78 Å². The molecule has 1 heterocycles. The molecule has 1 atom stereocenters. The summed E-state index contributed by atoms with van der Waals surface area (Å²) in [6.07, 6.45) is 2.93. The van der Waals surface area contributed by atoms with Gasteiger partial charge in [0, 0.05) is 0 Å². The quantitative estimate of drug-likeness (QED) is 0.533. The molecule has 0 spiro atoms. The molecule has 1 fully saturated rings. The number of esters is 1. The van der Waals surface area contributed by atoms with E-state index in [1.165, 1.54) is 0 Å². The summed E-state index contributed by atoms with van der Waals surface area (Å²) < 4.78 is 4.72. The Hall–Kier alpha value is -0.900. The first-order chi connectivity index (χ1) is 6.74. The van der Waals surface area contributed by atoms with E-state index in [4.69, 9.17) is 4.74 Å². The molecule has 0 bridgehead atoms. The molecule has 4 nitrogen and oxygen atoms in total. The van der Waals surface area contributed by atoms with E-state index in [0.717, 1.165) is 25.8 Å². The Bertz CT molecular complexity index is 209. The standard InChI is InChI=1S/C10H17NO3/c1-2-14-10(13)7-9(12)8-5-3-4-6-11-8/h8,11H,2-7H2,1H3. The second-order valence-corrected chi connectivity index (χ2v) is 3.45. The number of ether oxygens (including phenoxy) is 1. The third kappa shape index (κ3) is 3.46. The Labute approximate surface area is 84.0 Å². The number of carbonyl (C=O) groups excluding carboxylic acids is 2. The third-order valence-corrected chi connectivity index (χ3v) is 2.32. The predicted molar refractivity (Wildman–Crippen MR) is 51.9 cm³/mol. The maximum absolute atomic E-state index is 11.5. The minimum atomic E-state index is -0.412. The SMILES string of the molecule is CCOC(=O)CC(=O)C1CCCCN1. The number of nitrogens with one attached hydrogen (secondary N) is 1. The molecule has 1 aliphatic rings. The normalized spacial score (nSPS) is 21.6. The van der Waals surface area contributed by atoms with Crippen molar-refractivity contribution in [3.8, 4) is 0 Å². The minimum absolute atomic E-state index is 0.0387. The van der Waals surface area contributed by atoms with Crippen LogP contribution in [0.15, 0.2) is 0 Å². The molecule has 0 amide bonds. The van der Waals surface area contributed by atoms with Crippen LogP contribution in [-0.2, 0) is 14.3 Å². The van der Waals surface area contributed by atoms with Gasteiger partial charge in [-0.3, -0.25) is 9.59 Å². The van der Waals surface area contributed by atoms with Crippen LogP contribution in [0.5, 0.6) is 0 Å². The zero-order chi connectivity index (χ0) is 10.4. The Morgan fingerprint density at radius 1 is 1.43 bits per heavy atom. The van der Waals surface area contributed by atoms with Gasteiger partial charge in [0.2, 0.25) is 0 Å². The highest BCUT2D eigenvalue weighted by atomic mass is 16.5. The Balaban J connectivity index is 2.29. The van der Waals surface area contributed by atoms with Crippen LogP contribution in [0.3, 0.4) is 0 Å². The Morgan fingerprint density at radius 2 is 2.21 bits per heavy atom. The highest BCUT2D eigenvalue weighted by molar-refractivity contribution is 5.98. The Kier molecular flexibility index (Phi) is 4.59. The molecule has 0 aromatic carbocycles. The largest absolute Gasteiger partial charge is 0.466 e. The first-order valence-corrected chi connectivity index (χ1v) is 5.15. The molecule has 1 N–H and O–H groups in total. The summed E-state index contributed by atoms with van der Waals surface area (Å²) in [4.78, 5) is 22.5. The fraction of sp³-hybridized carbons (Fsp3) is 0.800. The van der Waals surface area contributed by atoms with E-state index in [9.17, 15) is 9.59 Å². The summed E-state index contributed by atoms with van der Waals surface area (Å²) in [7, 11) is 0. The molecule has 14 heavy (non-hydrogen) atoms. The van der Waals surface area contributed by atoms with Crippen molar-refractivity contribution in [1.29, 1.82) is 0 Å². The molecular weight excluding hydrogens is 182 g/mol. The summed E-state index contributed by atoms with van der Waals surface area (Å²) in [6, 6.07) is -0.131. The molecule has 1 rings (SSSR count). The lowest BCUT2D eigenvalue weighted by molar-refractivity contribution is -0.146. The number of piperidine rings is 1. The first-order valence-electron chi connectivity index (χ1n) is 5.15. The topological polar surface area (TPSA) is 55.4 Å². The van der Waals surface area contributed by atoms with Gasteiger partial charge in [0.25, 0.3) is 0 Å². The zero-order valence-corrected chi connectivity index (χ0v) is 8.54. The number of ketones is 1. The average Bonchev–Trinajstić information content (AvgIpc) is 2.19. The molecule has 0 saturated carbocycles. The van der Waals surface area contributed by atoms with Crippen LogP contribution in [0.1, 0.15) is 32.6 Å². The molecular formula is C10H17NO3. The van der Waals surface area contributed by atoms with Crippen LogP contribution in [-0.4, -0.2) is 30.9 Å². The van der Waals surface area contributed by atoms with Crippen LogP contribution in [0.2, 0.25) is 0 Å². The smallest absolute Gasteiger partial charge is 0.313 e. The lowest BCUT2D eigenvalue weighted by Crippen LogP contribution is -2.41. The van der Waals surface area contributed by atoms with Crippen LogP contribution in [0.4, 0.5) is 0 Å². The minimum Gasteiger partial charge on any atom is -0.466 e. The van der Waals surface area contributed by atoms with E-state index in [1.807, 2.05) is 0 Å². The summed E-state index contributed by atoms with van der Waals surface area (Å²) in [5.41, 5.74) is 0. The van der Waals surface area contributed by atoms with Gasteiger partial charge in [-0.05, 0) is 26.3 Å². The lowest BCUT2D eigenvalue weighted by atomic mass is 9.99. The summed E-state index contributed by atoms with van der Waals surface area (Å²) in [5, 5.41) is 3.11. The van der Waals surface area contributed by atoms with E-state index in [1.54, 1.807) is 6.92 Å². The molecule has 1 unspecified atom stereocenters. The predicted octanol–water partition coefficient (Wildman–Crippen LogP) is 0.651.